The molecule has 0 aliphatic heterocycles. The minimum absolute atomic E-state index is 0.00373. The molecule has 0 saturated heterocycles. The highest BCUT2D eigenvalue weighted by Gasteiger charge is 2.25. The van der Waals surface area contributed by atoms with Crippen molar-refractivity contribution >= 4 is 35.7 Å². The molecule has 0 radical (unpaired) electrons. The van der Waals surface area contributed by atoms with Gasteiger partial charge in [-0.2, -0.15) is 0 Å². The van der Waals surface area contributed by atoms with Crippen LogP contribution in [0.5, 0.6) is 0 Å². The Morgan fingerprint density at radius 3 is 1.81 bits per heavy atom. The summed E-state index contributed by atoms with van der Waals surface area (Å²) < 4.78 is 0. The molecule has 0 aromatic rings. The predicted octanol–water partition coefficient (Wildman–Crippen LogP) is -2.96. The standard InChI is InChI=1S/C13H21N5O8/c14-13(15)16-3-1-2-6(11(23)24)17-8(19)5-9(20)18-7(12(25)26)4-10(21)22/h6-7H,1-5H2,(H,17,19)(H,18,20)(H,21,22)(H,23,24)(H,25,26)(H4,14,15,16)/t6?,7-/m0/s1. The molecule has 0 aromatic carbocycles. The van der Waals surface area contributed by atoms with E-state index in [-0.39, 0.29) is 25.3 Å². The van der Waals surface area contributed by atoms with Crippen LogP contribution < -0.4 is 22.1 Å². The lowest BCUT2D eigenvalue weighted by atomic mass is 10.1. The number of guanidine groups is 1. The zero-order chi connectivity index (χ0) is 20.3. The third kappa shape index (κ3) is 10.4. The Bertz CT molecular complexity index is 587. The van der Waals surface area contributed by atoms with E-state index < -0.39 is 54.6 Å². The molecule has 0 rings (SSSR count). The van der Waals surface area contributed by atoms with Gasteiger partial charge in [0.2, 0.25) is 11.8 Å². The highest BCUT2D eigenvalue weighted by atomic mass is 16.4. The van der Waals surface area contributed by atoms with Crippen molar-refractivity contribution in [1.82, 2.24) is 10.6 Å². The lowest BCUT2D eigenvalue weighted by molar-refractivity contribution is -0.147. The maximum Gasteiger partial charge on any atom is 0.326 e. The number of carbonyl (C=O) groups excluding carboxylic acids is 2. The van der Waals surface area contributed by atoms with Crippen molar-refractivity contribution in [3.63, 3.8) is 0 Å². The molecule has 0 aliphatic rings. The number of aliphatic carboxylic acids is 3. The summed E-state index contributed by atoms with van der Waals surface area (Å²) in [5.74, 6) is -6.54. The quantitative estimate of drug-likeness (QED) is 0.0791. The molecule has 9 N–H and O–H groups in total. The predicted molar refractivity (Wildman–Crippen MR) is 85.9 cm³/mol. The van der Waals surface area contributed by atoms with Crippen molar-refractivity contribution in [3.05, 3.63) is 0 Å². The van der Waals surface area contributed by atoms with Gasteiger partial charge in [0.1, 0.15) is 18.5 Å². The van der Waals surface area contributed by atoms with Crippen LogP contribution in [0.25, 0.3) is 0 Å². The number of hydrogen-bond donors (Lipinski definition) is 7. The molecule has 0 saturated carbocycles. The molecular formula is C13H21N5O8. The highest BCUT2D eigenvalue weighted by Crippen LogP contribution is 2.00. The Morgan fingerprint density at radius 2 is 1.38 bits per heavy atom. The molecule has 0 aliphatic carbocycles. The normalized spacial score (nSPS) is 12.3. The van der Waals surface area contributed by atoms with E-state index in [0.29, 0.717) is 0 Å². The van der Waals surface area contributed by atoms with Crippen LogP contribution in [0.1, 0.15) is 25.7 Å². The number of rotatable bonds is 12. The Balaban J connectivity index is 4.54. The van der Waals surface area contributed by atoms with E-state index in [1.165, 1.54) is 0 Å². The zero-order valence-corrected chi connectivity index (χ0v) is 13.7. The van der Waals surface area contributed by atoms with E-state index >= 15 is 0 Å². The van der Waals surface area contributed by atoms with Crippen LogP contribution >= 0.6 is 0 Å². The number of carboxylic acid groups (broad SMARTS) is 3. The number of carbonyl (C=O) groups is 5. The van der Waals surface area contributed by atoms with Crippen LogP contribution in [-0.2, 0) is 24.0 Å². The Kier molecular flexibility index (Phi) is 9.76. The van der Waals surface area contributed by atoms with Crippen LogP contribution in [0.3, 0.4) is 0 Å². The summed E-state index contributed by atoms with van der Waals surface area (Å²) in [6.45, 7) is 0.151. The van der Waals surface area contributed by atoms with Gasteiger partial charge in [-0.15, -0.1) is 0 Å². The second-order valence-electron chi connectivity index (χ2n) is 5.14. The van der Waals surface area contributed by atoms with E-state index in [1.807, 2.05) is 5.32 Å². The van der Waals surface area contributed by atoms with Gasteiger partial charge in [-0.1, -0.05) is 0 Å². The summed E-state index contributed by atoms with van der Waals surface area (Å²) in [7, 11) is 0. The molecule has 0 heterocycles. The summed E-state index contributed by atoms with van der Waals surface area (Å²) in [6.07, 6.45) is -1.48. The first kappa shape index (κ1) is 22.6. The second-order valence-corrected chi connectivity index (χ2v) is 5.14. The third-order valence-electron chi connectivity index (χ3n) is 2.91. The Labute approximate surface area is 147 Å². The summed E-state index contributed by atoms with van der Waals surface area (Å²) in [6, 6.07) is -3.00. The van der Waals surface area contributed by atoms with Gasteiger partial charge in [-0.25, -0.2) is 9.59 Å². The molecular weight excluding hydrogens is 354 g/mol. The van der Waals surface area contributed by atoms with Crippen LogP contribution in [-0.4, -0.2) is 69.6 Å². The number of hydrogen-bond acceptors (Lipinski definition) is 6. The molecule has 146 valence electrons. The van der Waals surface area contributed by atoms with Crippen molar-refractivity contribution < 1.29 is 39.3 Å². The topological polar surface area (TPSA) is 234 Å². The SMILES string of the molecule is NC(N)=NCCCC(NC(=O)CC(=O)N[C@@H](CC(=O)O)C(=O)O)C(=O)O. The van der Waals surface area contributed by atoms with E-state index in [1.54, 1.807) is 0 Å². The average Bonchev–Trinajstić information content (AvgIpc) is 2.48. The van der Waals surface area contributed by atoms with Crippen LogP contribution in [0.4, 0.5) is 0 Å². The lowest BCUT2D eigenvalue weighted by Gasteiger charge is -2.15. The van der Waals surface area contributed by atoms with Gasteiger partial charge in [-0.05, 0) is 12.8 Å². The number of carboxylic acids is 3. The summed E-state index contributed by atoms with van der Waals surface area (Å²) in [4.78, 5) is 59.4. The minimum Gasteiger partial charge on any atom is -0.481 e. The molecule has 2 atom stereocenters. The lowest BCUT2D eigenvalue weighted by Crippen LogP contribution is -2.46. The minimum atomic E-state index is -1.71. The van der Waals surface area contributed by atoms with E-state index in [0.717, 1.165) is 0 Å². The van der Waals surface area contributed by atoms with Gasteiger partial charge in [0, 0.05) is 6.54 Å². The van der Waals surface area contributed by atoms with Gasteiger partial charge in [-0.3, -0.25) is 19.4 Å². The summed E-state index contributed by atoms with van der Waals surface area (Å²) in [5.41, 5.74) is 10.2. The fourth-order valence-electron chi connectivity index (χ4n) is 1.77. The van der Waals surface area contributed by atoms with Gasteiger partial charge < -0.3 is 37.4 Å². The number of nitrogens with two attached hydrogens (primary N) is 2. The first-order valence-corrected chi connectivity index (χ1v) is 7.34. The van der Waals surface area contributed by atoms with Crippen molar-refractivity contribution in [1.29, 1.82) is 0 Å². The molecule has 13 nitrogen and oxygen atoms in total. The maximum absolute atomic E-state index is 11.7. The molecule has 0 aromatic heterocycles. The van der Waals surface area contributed by atoms with Crippen molar-refractivity contribution in [2.45, 2.75) is 37.8 Å². The van der Waals surface area contributed by atoms with E-state index in [2.05, 4.69) is 10.3 Å². The van der Waals surface area contributed by atoms with Gasteiger partial charge in [0.15, 0.2) is 5.96 Å². The highest BCUT2D eigenvalue weighted by molar-refractivity contribution is 5.99. The summed E-state index contributed by atoms with van der Waals surface area (Å²) in [5, 5.41) is 30.4. The van der Waals surface area contributed by atoms with Gasteiger partial charge in [0.05, 0.1) is 6.42 Å². The van der Waals surface area contributed by atoms with Crippen LogP contribution in [0.2, 0.25) is 0 Å². The molecule has 26 heavy (non-hydrogen) atoms. The van der Waals surface area contributed by atoms with Gasteiger partial charge in [0.25, 0.3) is 0 Å². The first-order chi connectivity index (χ1) is 12.0. The number of aliphatic imine (C=N–C) groups is 1. The second kappa shape index (κ2) is 11.2. The molecule has 0 bridgehead atoms. The smallest absolute Gasteiger partial charge is 0.326 e. The fraction of sp³-hybridized carbons (Fsp3) is 0.538. The third-order valence-corrected chi connectivity index (χ3v) is 2.91. The van der Waals surface area contributed by atoms with Crippen LogP contribution in [0, 0.1) is 0 Å². The number of nitrogens with zero attached hydrogens (tertiary/aromatic N) is 1. The Morgan fingerprint density at radius 1 is 0.885 bits per heavy atom. The largest absolute Gasteiger partial charge is 0.481 e. The van der Waals surface area contributed by atoms with E-state index in [9.17, 15) is 24.0 Å². The average molecular weight is 375 g/mol. The number of nitrogens with one attached hydrogen (secondary N) is 2. The molecule has 1 unspecified atom stereocenters. The Hall–Kier alpha value is -3.38. The van der Waals surface area contributed by atoms with Crippen LogP contribution in [0.15, 0.2) is 4.99 Å². The van der Waals surface area contributed by atoms with Gasteiger partial charge >= 0.3 is 17.9 Å². The maximum atomic E-state index is 11.7. The van der Waals surface area contributed by atoms with Crippen molar-refractivity contribution in [2.75, 3.05) is 6.54 Å². The van der Waals surface area contributed by atoms with Crippen molar-refractivity contribution in [2.24, 2.45) is 16.5 Å². The summed E-state index contributed by atoms with van der Waals surface area (Å²) >= 11 is 0. The zero-order valence-electron chi connectivity index (χ0n) is 13.7. The molecule has 13 heteroatoms. The molecule has 2 amide bonds. The first-order valence-electron chi connectivity index (χ1n) is 7.34. The van der Waals surface area contributed by atoms with E-state index in [4.69, 9.17) is 26.8 Å². The fourth-order valence-corrected chi connectivity index (χ4v) is 1.77. The molecule has 0 spiro atoms. The monoisotopic (exact) mass is 375 g/mol. The van der Waals surface area contributed by atoms with Crippen molar-refractivity contribution in [3.8, 4) is 0 Å². The number of amides is 2. The molecule has 0 fully saturated rings.